The van der Waals surface area contributed by atoms with Crippen LogP contribution in [0.1, 0.15) is 44.6 Å². The Morgan fingerprint density at radius 3 is 2.62 bits per heavy atom. The van der Waals surface area contributed by atoms with Crippen molar-refractivity contribution in [3.05, 3.63) is 29.8 Å². The standard InChI is InChI=1S/C18H27NO2/c1-2-21-17-13-16(18(17)10-3-4-11-18)19-12-9-14-5-7-15(20)8-6-14/h5-8,16-17,19-20H,2-4,9-13H2,1H3. The van der Waals surface area contributed by atoms with Crippen molar-refractivity contribution in [2.45, 2.75) is 57.6 Å². The average molecular weight is 289 g/mol. The predicted molar refractivity (Wildman–Crippen MR) is 84.5 cm³/mol. The van der Waals surface area contributed by atoms with Gasteiger partial charge in [-0.1, -0.05) is 25.0 Å². The Hall–Kier alpha value is -1.06. The number of rotatable bonds is 6. The molecular formula is C18H27NO2. The first-order valence-corrected chi connectivity index (χ1v) is 8.37. The van der Waals surface area contributed by atoms with E-state index >= 15 is 0 Å². The quantitative estimate of drug-likeness (QED) is 0.844. The third-order valence-corrected chi connectivity index (χ3v) is 5.43. The van der Waals surface area contributed by atoms with Crippen LogP contribution in [-0.4, -0.2) is 30.4 Å². The first-order valence-electron chi connectivity index (χ1n) is 8.37. The normalized spacial score (nSPS) is 26.9. The van der Waals surface area contributed by atoms with Crippen molar-refractivity contribution >= 4 is 0 Å². The lowest BCUT2D eigenvalue weighted by molar-refractivity contribution is -0.130. The summed E-state index contributed by atoms with van der Waals surface area (Å²) in [6.45, 7) is 3.96. The topological polar surface area (TPSA) is 41.5 Å². The minimum absolute atomic E-state index is 0.343. The van der Waals surface area contributed by atoms with E-state index in [0.29, 0.717) is 23.3 Å². The van der Waals surface area contributed by atoms with Gasteiger partial charge in [-0.3, -0.25) is 0 Å². The Morgan fingerprint density at radius 2 is 1.95 bits per heavy atom. The summed E-state index contributed by atoms with van der Waals surface area (Å²) in [6, 6.07) is 8.18. The molecule has 2 atom stereocenters. The second-order valence-corrected chi connectivity index (χ2v) is 6.54. The highest BCUT2D eigenvalue weighted by molar-refractivity contribution is 5.26. The maximum Gasteiger partial charge on any atom is 0.115 e. The Balaban J connectivity index is 1.50. The van der Waals surface area contributed by atoms with Crippen LogP contribution in [0.3, 0.4) is 0 Å². The molecule has 2 saturated carbocycles. The SMILES string of the molecule is CCOC1CC(NCCc2ccc(O)cc2)C12CCCC2. The molecule has 3 heteroatoms. The van der Waals surface area contributed by atoms with Crippen LogP contribution in [0.5, 0.6) is 5.75 Å². The molecule has 21 heavy (non-hydrogen) atoms. The lowest BCUT2D eigenvalue weighted by Gasteiger charge is -2.54. The molecule has 0 saturated heterocycles. The van der Waals surface area contributed by atoms with E-state index in [1.54, 1.807) is 12.1 Å². The number of hydrogen-bond acceptors (Lipinski definition) is 3. The van der Waals surface area contributed by atoms with Gasteiger partial charge in [0.05, 0.1) is 6.10 Å². The van der Waals surface area contributed by atoms with Crippen LogP contribution in [-0.2, 0) is 11.2 Å². The molecule has 116 valence electrons. The fourth-order valence-electron chi connectivity index (χ4n) is 4.23. The Morgan fingerprint density at radius 1 is 1.24 bits per heavy atom. The van der Waals surface area contributed by atoms with Gasteiger partial charge in [-0.2, -0.15) is 0 Å². The number of phenols is 1. The van der Waals surface area contributed by atoms with Crippen molar-refractivity contribution in [3.8, 4) is 5.75 Å². The molecule has 0 bridgehead atoms. The average Bonchev–Trinajstić information content (AvgIpc) is 3.00. The summed E-state index contributed by atoms with van der Waals surface area (Å²) < 4.78 is 5.96. The van der Waals surface area contributed by atoms with Crippen molar-refractivity contribution in [2.24, 2.45) is 5.41 Å². The third kappa shape index (κ3) is 2.95. The highest BCUT2D eigenvalue weighted by Crippen LogP contribution is 2.54. The number of hydrogen-bond donors (Lipinski definition) is 2. The molecule has 0 heterocycles. The Labute approximate surface area is 127 Å². The Bertz CT molecular complexity index is 451. The number of phenolic OH excluding ortho intramolecular Hbond substituents is 1. The molecule has 3 nitrogen and oxygen atoms in total. The molecule has 0 radical (unpaired) electrons. The van der Waals surface area contributed by atoms with Crippen LogP contribution in [0, 0.1) is 5.41 Å². The van der Waals surface area contributed by atoms with E-state index in [0.717, 1.165) is 19.6 Å². The van der Waals surface area contributed by atoms with E-state index in [1.165, 1.54) is 37.7 Å². The summed E-state index contributed by atoms with van der Waals surface area (Å²) in [5.41, 5.74) is 1.70. The molecule has 2 unspecified atom stereocenters. The van der Waals surface area contributed by atoms with Gasteiger partial charge in [0.1, 0.15) is 5.75 Å². The minimum atomic E-state index is 0.343. The zero-order valence-corrected chi connectivity index (χ0v) is 13.0. The largest absolute Gasteiger partial charge is 0.508 e. The van der Waals surface area contributed by atoms with Crippen LogP contribution < -0.4 is 5.32 Å². The molecule has 0 aliphatic heterocycles. The van der Waals surface area contributed by atoms with Crippen molar-refractivity contribution in [2.75, 3.05) is 13.2 Å². The maximum atomic E-state index is 9.31. The van der Waals surface area contributed by atoms with Crippen LogP contribution in [0.25, 0.3) is 0 Å². The molecule has 1 aromatic rings. The molecule has 1 aromatic carbocycles. The second kappa shape index (κ2) is 6.37. The van der Waals surface area contributed by atoms with Gasteiger partial charge in [0, 0.05) is 18.1 Å². The summed E-state index contributed by atoms with van der Waals surface area (Å²) in [5, 5.41) is 13.1. The molecule has 2 N–H and O–H groups in total. The van der Waals surface area contributed by atoms with Gasteiger partial charge in [-0.05, 0) is 56.8 Å². The third-order valence-electron chi connectivity index (χ3n) is 5.43. The van der Waals surface area contributed by atoms with Crippen molar-refractivity contribution in [1.29, 1.82) is 0 Å². The van der Waals surface area contributed by atoms with E-state index in [-0.39, 0.29) is 0 Å². The van der Waals surface area contributed by atoms with Gasteiger partial charge in [0.2, 0.25) is 0 Å². The maximum absolute atomic E-state index is 9.31. The van der Waals surface area contributed by atoms with Gasteiger partial charge in [0.25, 0.3) is 0 Å². The van der Waals surface area contributed by atoms with Crippen LogP contribution >= 0.6 is 0 Å². The van der Waals surface area contributed by atoms with Crippen molar-refractivity contribution < 1.29 is 9.84 Å². The molecule has 2 aliphatic rings. The first kappa shape index (κ1) is 14.9. The molecule has 2 aliphatic carbocycles. The zero-order chi connectivity index (χ0) is 14.7. The lowest BCUT2D eigenvalue weighted by atomic mass is 9.60. The highest BCUT2D eigenvalue weighted by Gasteiger charge is 2.56. The fraction of sp³-hybridized carbons (Fsp3) is 0.667. The monoisotopic (exact) mass is 289 g/mol. The zero-order valence-electron chi connectivity index (χ0n) is 13.0. The fourth-order valence-corrected chi connectivity index (χ4v) is 4.23. The number of ether oxygens (including phenoxy) is 1. The van der Waals surface area contributed by atoms with Gasteiger partial charge in [-0.25, -0.2) is 0 Å². The first-order chi connectivity index (χ1) is 10.2. The highest BCUT2D eigenvalue weighted by atomic mass is 16.5. The van der Waals surface area contributed by atoms with Gasteiger partial charge in [-0.15, -0.1) is 0 Å². The molecule has 1 spiro atoms. The van der Waals surface area contributed by atoms with Crippen LogP contribution in [0.4, 0.5) is 0 Å². The minimum Gasteiger partial charge on any atom is -0.508 e. The van der Waals surface area contributed by atoms with E-state index in [9.17, 15) is 5.11 Å². The smallest absolute Gasteiger partial charge is 0.115 e. The van der Waals surface area contributed by atoms with E-state index < -0.39 is 0 Å². The van der Waals surface area contributed by atoms with E-state index in [2.05, 4.69) is 12.2 Å². The van der Waals surface area contributed by atoms with Gasteiger partial charge < -0.3 is 15.2 Å². The predicted octanol–water partition coefficient (Wildman–Crippen LogP) is 3.26. The van der Waals surface area contributed by atoms with Crippen molar-refractivity contribution in [1.82, 2.24) is 5.32 Å². The van der Waals surface area contributed by atoms with Crippen molar-refractivity contribution in [3.63, 3.8) is 0 Å². The molecule has 2 fully saturated rings. The van der Waals surface area contributed by atoms with Gasteiger partial charge in [0.15, 0.2) is 0 Å². The molecule has 0 aromatic heterocycles. The van der Waals surface area contributed by atoms with Crippen LogP contribution in [0.15, 0.2) is 24.3 Å². The van der Waals surface area contributed by atoms with E-state index in [4.69, 9.17) is 4.74 Å². The van der Waals surface area contributed by atoms with Gasteiger partial charge >= 0.3 is 0 Å². The van der Waals surface area contributed by atoms with E-state index in [1.807, 2.05) is 12.1 Å². The summed E-state index contributed by atoms with van der Waals surface area (Å²) in [6.07, 6.45) is 8.05. The summed E-state index contributed by atoms with van der Waals surface area (Å²) in [5.74, 6) is 0.343. The molecule has 3 rings (SSSR count). The van der Waals surface area contributed by atoms with Crippen LogP contribution in [0.2, 0.25) is 0 Å². The molecular weight excluding hydrogens is 262 g/mol. The Kier molecular flexibility index (Phi) is 4.51. The number of aromatic hydroxyl groups is 1. The second-order valence-electron chi connectivity index (χ2n) is 6.54. The lowest BCUT2D eigenvalue weighted by Crippen LogP contribution is -2.62. The summed E-state index contributed by atoms with van der Waals surface area (Å²) in [4.78, 5) is 0. The summed E-state index contributed by atoms with van der Waals surface area (Å²) >= 11 is 0. The number of benzene rings is 1. The molecule has 0 amide bonds. The summed E-state index contributed by atoms with van der Waals surface area (Å²) in [7, 11) is 0. The number of nitrogens with one attached hydrogen (secondary N) is 1.